The molecule has 1 fully saturated rings. The minimum absolute atomic E-state index is 0.0776. The highest BCUT2D eigenvalue weighted by atomic mass is 16.2. The number of nitrogens with one attached hydrogen (secondary N) is 2. The predicted octanol–water partition coefficient (Wildman–Crippen LogP) is 1.81. The monoisotopic (exact) mass is 302 g/mol. The molecule has 0 aromatic carbocycles. The lowest BCUT2D eigenvalue weighted by Gasteiger charge is -2.23. The molecular weight excluding hydrogens is 276 g/mol. The van der Waals surface area contributed by atoms with Crippen LogP contribution in [0.25, 0.3) is 0 Å². The molecule has 5 heteroatoms. The normalized spacial score (nSPS) is 19.6. The summed E-state index contributed by atoms with van der Waals surface area (Å²) in [5.74, 6) is 1.56. The number of hydrogen-bond acceptors (Lipinski definition) is 4. The van der Waals surface area contributed by atoms with Gasteiger partial charge in [-0.15, -0.1) is 6.58 Å². The van der Waals surface area contributed by atoms with Crippen LogP contribution in [0.3, 0.4) is 0 Å². The Morgan fingerprint density at radius 2 is 2.41 bits per heavy atom. The third kappa shape index (κ3) is 4.56. The van der Waals surface area contributed by atoms with Gasteiger partial charge in [0, 0.05) is 25.3 Å². The first-order valence-corrected chi connectivity index (χ1v) is 7.90. The molecule has 1 aliphatic heterocycles. The highest BCUT2D eigenvalue weighted by molar-refractivity contribution is 5.81. The first-order chi connectivity index (χ1) is 10.6. The van der Waals surface area contributed by atoms with Crippen LogP contribution in [0.1, 0.15) is 19.0 Å². The van der Waals surface area contributed by atoms with Crippen LogP contribution in [-0.4, -0.2) is 48.0 Å². The van der Waals surface area contributed by atoms with Crippen LogP contribution in [0, 0.1) is 12.8 Å². The highest BCUT2D eigenvalue weighted by Gasteiger charge is 2.29. The summed E-state index contributed by atoms with van der Waals surface area (Å²) in [5, 5.41) is 6.26. The summed E-state index contributed by atoms with van der Waals surface area (Å²) in [7, 11) is 0. The standard InChI is InChI=1S/C17H26N4O/c1-4-9-18-17(22)14(3)21-10-8-15(12-21)11-19-16-7-5-6-13(2)20-16/h4-7,14-15H,1,8-12H2,2-3H3,(H,18,22)(H,19,20)/t14-,15+/m0/s1. The zero-order valence-electron chi connectivity index (χ0n) is 13.5. The first kappa shape index (κ1) is 16.5. The molecule has 1 aromatic heterocycles. The van der Waals surface area contributed by atoms with Crippen LogP contribution in [0.4, 0.5) is 5.82 Å². The Balaban J connectivity index is 1.77. The molecule has 0 bridgehead atoms. The van der Waals surface area contributed by atoms with Crippen LogP contribution in [-0.2, 0) is 4.79 Å². The molecule has 1 aliphatic rings. The number of pyridine rings is 1. The van der Waals surface area contributed by atoms with Gasteiger partial charge in [0.1, 0.15) is 5.82 Å². The van der Waals surface area contributed by atoms with E-state index in [1.807, 2.05) is 32.0 Å². The maximum absolute atomic E-state index is 12.0. The molecule has 2 heterocycles. The Labute approximate surface area is 132 Å². The van der Waals surface area contributed by atoms with Crippen LogP contribution < -0.4 is 10.6 Å². The van der Waals surface area contributed by atoms with E-state index in [4.69, 9.17) is 0 Å². The number of amides is 1. The van der Waals surface area contributed by atoms with Crippen LogP contribution >= 0.6 is 0 Å². The van der Waals surface area contributed by atoms with Gasteiger partial charge in [0.05, 0.1) is 6.04 Å². The predicted molar refractivity (Wildman–Crippen MR) is 89.8 cm³/mol. The highest BCUT2D eigenvalue weighted by Crippen LogP contribution is 2.19. The second kappa shape index (κ2) is 7.94. The Kier molecular flexibility index (Phi) is 5.95. The molecule has 0 saturated carbocycles. The fourth-order valence-corrected chi connectivity index (χ4v) is 2.76. The molecule has 2 atom stereocenters. The molecule has 0 aliphatic carbocycles. The van der Waals surface area contributed by atoms with Crippen LogP contribution in [0.5, 0.6) is 0 Å². The Bertz CT molecular complexity index is 517. The van der Waals surface area contributed by atoms with E-state index in [0.29, 0.717) is 12.5 Å². The molecule has 2 rings (SSSR count). The molecule has 22 heavy (non-hydrogen) atoms. The summed E-state index contributed by atoms with van der Waals surface area (Å²) in [6, 6.07) is 5.91. The number of anilines is 1. The third-order valence-corrected chi connectivity index (χ3v) is 4.13. The SMILES string of the molecule is C=CCNC(=O)[C@H](C)N1CC[C@H](CNc2cccc(C)n2)C1. The number of carbonyl (C=O) groups excluding carboxylic acids is 1. The Morgan fingerprint density at radius 3 is 3.14 bits per heavy atom. The topological polar surface area (TPSA) is 57.3 Å². The maximum atomic E-state index is 12.0. The molecule has 1 amide bonds. The quantitative estimate of drug-likeness (QED) is 0.754. The minimum atomic E-state index is -0.0814. The van der Waals surface area contributed by atoms with E-state index in [1.54, 1.807) is 6.08 Å². The van der Waals surface area contributed by atoms with Gasteiger partial charge in [0.15, 0.2) is 0 Å². The largest absolute Gasteiger partial charge is 0.370 e. The molecule has 1 aromatic rings. The summed E-state index contributed by atoms with van der Waals surface area (Å²) in [6.07, 6.45) is 2.81. The summed E-state index contributed by atoms with van der Waals surface area (Å²) in [5.41, 5.74) is 1.02. The van der Waals surface area contributed by atoms with Crippen molar-refractivity contribution in [1.29, 1.82) is 0 Å². The molecule has 120 valence electrons. The summed E-state index contributed by atoms with van der Waals surface area (Å²) in [6.45, 7) is 10.9. The van der Waals surface area contributed by atoms with Gasteiger partial charge in [-0.05, 0) is 44.9 Å². The second-order valence-corrected chi connectivity index (χ2v) is 5.90. The van der Waals surface area contributed by atoms with Crippen molar-refractivity contribution < 1.29 is 4.79 Å². The van der Waals surface area contributed by atoms with E-state index in [0.717, 1.165) is 37.6 Å². The van der Waals surface area contributed by atoms with Crippen molar-refractivity contribution in [3.8, 4) is 0 Å². The number of carbonyl (C=O) groups is 1. The van der Waals surface area contributed by atoms with E-state index < -0.39 is 0 Å². The molecule has 0 spiro atoms. The van der Waals surface area contributed by atoms with Crippen molar-refractivity contribution >= 4 is 11.7 Å². The van der Waals surface area contributed by atoms with Gasteiger partial charge in [0.25, 0.3) is 0 Å². The first-order valence-electron chi connectivity index (χ1n) is 7.90. The van der Waals surface area contributed by atoms with Gasteiger partial charge < -0.3 is 10.6 Å². The minimum Gasteiger partial charge on any atom is -0.370 e. The summed E-state index contributed by atoms with van der Waals surface area (Å²) >= 11 is 0. The van der Waals surface area contributed by atoms with Crippen molar-refractivity contribution in [3.63, 3.8) is 0 Å². The van der Waals surface area contributed by atoms with Gasteiger partial charge in [-0.3, -0.25) is 9.69 Å². The molecular formula is C17H26N4O. The fraction of sp³-hybridized carbons (Fsp3) is 0.529. The Hall–Kier alpha value is -1.88. The molecule has 1 saturated heterocycles. The summed E-state index contributed by atoms with van der Waals surface area (Å²) < 4.78 is 0. The fourth-order valence-electron chi connectivity index (χ4n) is 2.76. The van der Waals surface area contributed by atoms with E-state index in [9.17, 15) is 4.79 Å². The van der Waals surface area contributed by atoms with Crippen LogP contribution in [0.2, 0.25) is 0 Å². The van der Waals surface area contributed by atoms with E-state index in [2.05, 4.69) is 27.1 Å². The molecule has 0 unspecified atom stereocenters. The second-order valence-electron chi connectivity index (χ2n) is 5.90. The lowest BCUT2D eigenvalue weighted by atomic mass is 10.1. The van der Waals surface area contributed by atoms with Gasteiger partial charge in [-0.25, -0.2) is 4.98 Å². The van der Waals surface area contributed by atoms with E-state index in [-0.39, 0.29) is 11.9 Å². The average Bonchev–Trinajstić information content (AvgIpc) is 2.99. The zero-order chi connectivity index (χ0) is 15.9. The van der Waals surface area contributed by atoms with Crippen LogP contribution in [0.15, 0.2) is 30.9 Å². The number of rotatable bonds is 7. The van der Waals surface area contributed by atoms with E-state index >= 15 is 0 Å². The van der Waals surface area contributed by atoms with Gasteiger partial charge >= 0.3 is 0 Å². The van der Waals surface area contributed by atoms with Gasteiger partial charge in [-0.1, -0.05) is 12.1 Å². The van der Waals surface area contributed by atoms with Crippen molar-refractivity contribution in [2.75, 3.05) is 31.5 Å². The molecule has 5 nitrogen and oxygen atoms in total. The lowest BCUT2D eigenvalue weighted by molar-refractivity contribution is -0.125. The average molecular weight is 302 g/mol. The maximum Gasteiger partial charge on any atom is 0.237 e. The van der Waals surface area contributed by atoms with Crippen molar-refractivity contribution in [2.45, 2.75) is 26.3 Å². The number of hydrogen-bond donors (Lipinski definition) is 2. The van der Waals surface area contributed by atoms with E-state index in [1.165, 1.54) is 0 Å². The smallest absolute Gasteiger partial charge is 0.237 e. The number of nitrogens with zero attached hydrogens (tertiary/aromatic N) is 2. The van der Waals surface area contributed by atoms with Crippen molar-refractivity contribution in [3.05, 3.63) is 36.5 Å². The van der Waals surface area contributed by atoms with Crippen molar-refractivity contribution in [1.82, 2.24) is 15.2 Å². The molecule has 0 radical (unpaired) electrons. The van der Waals surface area contributed by atoms with Gasteiger partial charge in [0.2, 0.25) is 5.91 Å². The zero-order valence-corrected chi connectivity index (χ0v) is 13.5. The molecule has 2 N–H and O–H groups in total. The van der Waals surface area contributed by atoms with Crippen molar-refractivity contribution in [2.24, 2.45) is 5.92 Å². The third-order valence-electron chi connectivity index (χ3n) is 4.13. The lowest BCUT2D eigenvalue weighted by Crippen LogP contribution is -2.44. The number of aromatic nitrogens is 1. The number of likely N-dealkylation sites (tertiary alicyclic amines) is 1. The van der Waals surface area contributed by atoms with Gasteiger partial charge in [-0.2, -0.15) is 0 Å². The number of aryl methyl sites for hydroxylation is 1. The summed E-state index contributed by atoms with van der Waals surface area (Å²) in [4.78, 5) is 18.7. The Morgan fingerprint density at radius 1 is 1.59 bits per heavy atom.